The van der Waals surface area contributed by atoms with Crippen molar-refractivity contribution >= 4 is 6.47 Å². The predicted molar refractivity (Wildman–Crippen MR) is 86.8 cm³/mol. The smallest absolute Gasteiger partial charge is 0.293 e. The summed E-state index contributed by atoms with van der Waals surface area (Å²) in [6.45, 7) is 1.63. The molecule has 22 heavy (non-hydrogen) atoms. The van der Waals surface area contributed by atoms with E-state index in [-0.39, 0.29) is 0 Å². The van der Waals surface area contributed by atoms with Crippen molar-refractivity contribution in [2.45, 2.75) is 32.3 Å². The summed E-state index contributed by atoms with van der Waals surface area (Å²) in [5.41, 5.74) is 2.48. The monoisotopic (exact) mass is 298 g/mol. The van der Waals surface area contributed by atoms with E-state index in [9.17, 15) is 4.79 Å². The van der Waals surface area contributed by atoms with E-state index in [2.05, 4.69) is 29.0 Å². The fourth-order valence-electron chi connectivity index (χ4n) is 2.23. The number of hydrogen-bond acceptors (Lipinski definition) is 3. The SMILES string of the molecule is O=COCCCCCc1ccc(OCc2ccccc2)cc1. The molecule has 0 bridgehead atoms. The van der Waals surface area contributed by atoms with Gasteiger partial charge in [0.2, 0.25) is 0 Å². The second kappa shape index (κ2) is 9.61. The van der Waals surface area contributed by atoms with Gasteiger partial charge in [0.1, 0.15) is 12.4 Å². The molecule has 2 aromatic rings. The molecular formula is C19H22O3. The highest BCUT2D eigenvalue weighted by atomic mass is 16.5. The summed E-state index contributed by atoms with van der Waals surface area (Å²) in [4.78, 5) is 10.0. The standard InChI is InChI=1S/C19H22O3/c20-16-21-14-6-2-5-7-17-10-12-19(13-11-17)22-15-18-8-3-1-4-9-18/h1,3-4,8-13,16H,2,5-7,14-15H2. The van der Waals surface area contributed by atoms with Crippen LogP contribution in [0.2, 0.25) is 0 Å². The summed E-state index contributed by atoms with van der Waals surface area (Å²) in [6.07, 6.45) is 4.14. The van der Waals surface area contributed by atoms with Gasteiger partial charge in [-0.25, -0.2) is 0 Å². The molecule has 0 unspecified atom stereocenters. The molecule has 0 aromatic heterocycles. The number of unbranched alkanes of at least 4 members (excludes halogenated alkanes) is 2. The fraction of sp³-hybridized carbons (Fsp3) is 0.316. The number of carbonyl (C=O) groups excluding carboxylic acids is 1. The third-order valence-electron chi connectivity index (χ3n) is 3.47. The zero-order valence-corrected chi connectivity index (χ0v) is 12.7. The molecule has 116 valence electrons. The molecule has 0 aliphatic carbocycles. The topological polar surface area (TPSA) is 35.5 Å². The normalized spacial score (nSPS) is 10.2. The first-order chi connectivity index (χ1) is 10.9. The Hall–Kier alpha value is -2.29. The molecule has 0 heterocycles. The molecule has 0 fully saturated rings. The van der Waals surface area contributed by atoms with E-state index in [0.29, 0.717) is 19.7 Å². The van der Waals surface area contributed by atoms with Crippen LogP contribution in [-0.4, -0.2) is 13.1 Å². The van der Waals surface area contributed by atoms with Crippen molar-refractivity contribution in [2.24, 2.45) is 0 Å². The number of hydrogen-bond donors (Lipinski definition) is 0. The van der Waals surface area contributed by atoms with E-state index in [1.807, 2.05) is 30.3 Å². The molecule has 3 heteroatoms. The maximum atomic E-state index is 10.0. The molecule has 3 nitrogen and oxygen atoms in total. The van der Waals surface area contributed by atoms with Crippen LogP contribution >= 0.6 is 0 Å². The average molecular weight is 298 g/mol. The van der Waals surface area contributed by atoms with Gasteiger partial charge in [-0.15, -0.1) is 0 Å². The lowest BCUT2D eigenvalue weighted by Crippen LogP contribution is -1.95. The first kappa shape index (κ1) is 16.1. The molecule has 0 spiro atoms. The lowest BCUT2D eigenvalue weighted by molar-refractivity contribution is -0.128. The van der Waals surface area contributed by atoms with Crippen molar-refractivity contribution in [3.8, 4) is 5.75 Å². The van der Waals surface area contributed by atoms with E-state index in [1.165, 1.54) is 11.1 Å². The molecule has 0 saturated heterocycles. The Morgan fingerprint density at radius 1 is 0.818 bits per heavy atom. The zero-order chi connectivity index (χ0) is 15.5. The molecule has 0 saturated carbocycles. The lowest BCUT2D eigenvalue weighted by Gasteiger charge is -2.07. The molecule has 0 aliphatic rings. The summed E-state index contributed by atoms with van der Waals surface area (Å²) < 4.78 is 10.4. The van der Waals surface area contributed by atoms with Crippen LogP contribution in [0.3, 0.4) is 0 Å². The molecule has 0 atom stereocenters. The van der Waals surface area contributed by atoms with Gasteiger partial charge in [0, 0.05) is 0 Å². The highest BCUT2D eigenvalue weighted by Gasteiger charge is 1.98. The Bertz CT molecular complexity index is 534. The summed E-state index contributed by atoms with van der Waals surface area (Å²) in [5, 5.41) is 0. The minimum Gasteiger partial charge on any atom is -0.489 e. The summed E-state index contributed by atoms with van der Waals surface area (Å²) >= 11 is 0. The van der Waals surface area contributed by atoms with Crippen molar-refractivity contribution < 1.29 is 14.3 Å². The second-order valence-electron chi connectivity index (χ2n) is 5.20. The molecule has 0 N–H and O–H groups in total. The summed E-state index contributed by atoms with van der Waals surface area (Å²) in [5.74, 6) is 0.895. The van der Waals surface area contributed by atoms with E-state index in [1.54, 1.807) is 0 Å². The quantitative estimate of drug-likeness (QED) is 0.488. The van der Waals surface area contributed by atoms with Crippen molar-refractivity contribution in [1.82, 2.24) is 0 Å². The van der Waals surface area contributed by atoms with E-state index >= 15 is 0 Å². The summed E-state index contributed by atoms with van der Waals surface area (Å²) in [6, 6.07) is 18.4. The van der Waals surface area contributed by atoms with Crippen LogP contribution in [0, 0.1) is 0 Å². The molecule has 0 aliphatic heterocycles. The molecule has 2 rings (SSSR count). The first-order valence-corrected chi connectivity index (χ1v) is 7.69. The third kappa shape index (κ3) is 6.00. The van der Waals surface area contributed by atoms with E-state index in [4.69, 9.17) is 4.74 Å². The Balaban J connectivity index is 1.68. The minimum absolute atomic E-state index is 0.508. The number of aryl methyl sites for hydroxylation is 1. The van der Waals surface area contributed by atoms with Gasteiger partial charge in [-0.3, -0.25) is 4.79 Å². The molecular weight excluding hydrogens is 276 g/mol. The Morgan fingerprint density at radius 3 is 2.32 bits per heavy atom. The van der Waals surface area contributed by atoms with Gasteiger partial charge in [-0.2, -0.15) is 0 Å². The Kier molecular flexibility index (Phi) is 7.03. The van der Waals surface area contributed by atoms with Gasteiger partial charge in [0.15, 0.2) is 0 Å². The van der Waals surface area contributed by atoms with Crippen molar-refractivity contribution in [3.05, 3.63) is 65.7 Å². The van der Waals surface area contributed by atoms with Crippen molar-refractivity contribution in [1.29, 1.82) is 0 Å². The van der Waals surface area contributed by atoms with Crippen molar-refractivity contribution in [2.75, 3.05) is 6.61 Å². The maximum Gasteiger partial charge on any atom is 0.293 e. The van der Waals surface area contributed by atoms with Crippen LogP contribution in [0.1, 0.15) is 30.4 Å². The van der Waals surface area contributed by atoms with Gasteiger partial charge >= 0.3 is 0 Å². The van der Waals surface area contributed by atoms with Gasteiger partial charge in [0.05, 0.1) is 6.61 Å². The fourth-order valence-corrected chi connectivity index (χ4v) is 2.23. The largest absolute Gasteiger partial charge is 0.489 e. The van der Waals surface area contributed by atoms with Gasteiger partial charge in [-0.1, -0.05) is 42.5 Å². The van der Waals surface area contributed by atoms with Crippen LogP contribution in [0.5, 0.6) is 5.75 Å². The number of benzene rings is 2. The van der Waals surface area contributed by atoms with Gasteiger partial charge in [0.25, 0.3) is 6.47 Å². The Labute approximate surface area is 131 Å². The number of rotatable bonds is 10. The molecule has 0 amide bonds. The van der Waals surface area contributed by atoms with Crippen LogP contribution in [0.4, 0.5) is 0 Å². The van der Waals surface area contributed by atoms with E-state index in [0.717, 1.165) is 31.4 Å². The van der Waals surface area contributed by atoms with Crippen LogP contribution in [-0.2, 0) is 22.6 Å². The maximum absolute atomic E-state index is 10.0. The molecule has 0 radical (unpaired) electrons. The van der Waals surface area contributed by atoms with E-state index < -0.39 is 0 Å². The predicted octanol–water partition coefficient (Wildman–Crippen LogP) is 4.15. The zero-order valence-electron chi connectivity index (χ0n) is 12.7. The van der Waals surface area contributed by atoms with Crippen LogP contribution < -0.4 is 4.74 Å². The summed E-state index contributed by atoms with van der Waals surface area (Å²) in [7, 11) is 0. The highest BCUT2D eigenvalue weighted by molar-refractivity contribution is 5.36. The first-order valence-electron chi connectivity index (χ1n) is 7.69. The van der Waals surface area contributed by atoms with Crippen molar-refractivity contribution in [3.63, 3.8) is 0 Å². The highest BCUT2D eigenvalue weighted by Crippen LogP contribution is 2.16. The average Bonchev–Trinajstić information content (AvgIpc) is 2.58. The van der Waals surface area contributed by atoms with Gasteiger partial charge in [-0.05, 0) is 48.9 Å². The number of ether oxygens (including phenoxy) is 2. The Morgan fingerprint density at radius 2 is 1.59 bits per heavy atom. The van der Waals surface area contributed by atoms with Gasteiger partial charge < -0.3 is 9.47 Å². The third-order valence-corrected chi connectivity index (χ3v) is 3.47. The van der Waals surface area contributed by atoms with Crippen LogP contribution in [0.15, 0.2) is 54.6 Å². The lowest BCUT2D eigenvalue weighted by atomic mass is 10.1. The van der Waals surface area contributed by atoms with Crippen LogP contribution in [0.25, 0.3) is 0 Å². The molecule has 2 aromatic carbocycles. The minimum atomic E-state index is 0.508. The second-order valence-corrected chi connectivity index (χ2v) is 5.20. The number of carbonyl (C=O) groups is 1.